The Labute approximate surface area is 108 Å². The highest BCUT2D eigenvalue weighted by atomic mass is 14.8. The molecule has 0 fully saturated rings. The number of nitrogens with zero attached hydrogens (tertiary/aromatic N) is 1. The lowest BCUT2D eigenvalue weighted by atomic mass is 10.0. The van der Waals surface area contributed by atoms with E-state index in [-0.39, 0.29) is 0 Å². The monoisotopic (exact) mass is 237 g/mol. The Bertz CT molecular complexity index is 208. The maximum Gasteiger partial charge on any atom is 0.0474 e. The maximum absolute atomic E-state index is 4.67. The highest BCUT2D eigenvalue weighted by molar-refractivity contribution is 5.86. The second-order valence-corrected chi connectivity index (χ2v) is 5.66. The first-order chi connectivity index (χ1) is 8.33. The van der Waals surface area contributed by atoms with Crippen molar-refractivity contribution >= 4 is 5.71 Å². The molecule has 0 amide bonds. The Morgan fingerprint density at radius 2 is 1.53 bits per heavy atom. The summed E-state index contributed by atoms with van der Waals surface area (Å²) in [5, 5.41) is 0. The minimum absolute atomic E-state index is 0.614. The molecule has 0 aromatic rings. The first-order valence-electron chi connectivity index (χ1n) is 7.88. The molecule has 1 heterocycles. The number of rotatable bonds is 10. The number of aliphatic imine (C=N–C) groups is 1. The van der Waals surface area contributed by atoms with Crippen molar-refractivity contribution < 1.29 is 0 Å². The summed E-state index contributed by atoms with van der Waals surface area (Å²) in [5.74, 6) is 0. The van der Waals surface area contributed by atoms with Crippen molar-refractivity contribution in [2.75, 3.05) is 0 Å². The molecule has 0 saturated heterocycles. The summed E-state index contributed by atoms with van der Waals surface area (Å²) in [6.45, 7) is 4.52. The maximum atomic E-state index is 4.67. The summed E-state index contributed by atoms with van der Waals surface area (Å²) >= 11 is 0. The van der Waals surface area contributed by atoms with Gasteiger partial charge in [-0.05, 0) is 32.6 Å². The van der Waals surface area contributed by atoms with Gasteiger partial charge in [-0.1, -0.05) is 58.3 Å². The van der Waals surface area contributed by atoms with Crippen LogP contribution in [0.4, 0.5) is 0 Å². The van der Waals surface area contributed by atoms with Gasteiger partial charge in [0.1, 0.15) is 0 Å². The molecule has 17 heavy (non-hydrogen) atoms. The first-order valence-corrected chi connectivity index (χ1v) is 7.88. The van der Waals surface area contributed by atoms with Crippen molar-refractivity contribution in [3.8, 4) is 0 Å². The van der Waals surface area contributed by atoms with Gasteiger partial charge in [0.2, 0.25) is 0 Å². The minimum Gasteiger partial charge on any atom is -0.291 e. The predicted molar refractivity (Wildman–Crippen MR) is 78.0 cm³/mol. The van der Waals surface area contributed by atoms with E-state index in [0.29, 0.717) is 6.04 Å². The van der Waals surface area contributed by atoms with Gasteiger partial charge in [-0.25, -0.2) is 0 Å². The molecule has 100 valence electrons. The van der Waals surface area contributed by atoms with Crippen LogP contribution in [0, 0.1) is 0 Å². The van der Waals surface area contributed by atoms with Crippen molar-refractivity contribution in [1.82, 2.24) is 0 Å². The zero-order valence-corrected chi connectivity index (χ0v) is 12.0. The van der Waals surface area contributed by atoms with Crippen molar-refractivity contribution in [3.63, 3.8) is 0 Å². The highest BCUT2D eigenvalue weighted by Crippen LogP contribution is 2.17. The third-order valence-electron chi connectivity index (χ3n) is 3.82. The molecule has 1 aliphatic heterocycles. The molecular weight excluding hydrogens is 206 g/mol. The van der Waals surface area contributed by atoms with Gasteiger partial charge in [0.05, 0.1) is 0 Å². The van der Waals surface area contributed by atoms with Gasteiger partial charge in [-0.3, -0.25) is 4.99 Å². The van der Waals surface area contributed by atoms with Gasteiger partial charge in [0.25, 0.3) is 0 Å². The molecule has 0 saturated carbocycles. The van der Waals surface area contributed by atoms with Crippen molar-refractivity contribution in [2.45, 2.75) is 96.9 Å². The Balaban J connectivity index is 1.80. The predicted octanol–water partition coefficient (Wildman–Crippen LogP) is 5.53. The SMILES string of the molecule is CCCCCCCCCCCC1=NC(C)CC1. The number of hydrogen-bond acceptors (Lipinski definition) is 1. The van der Waals surface area contributed by atoms with E-state index in [4.69, 9.17) is 0 Å². The zero-order valence-electron chi connectivity index (χ0n) is 12.0. The van der Waals surface area contributed by atoms with E-state index in [2.05, 4.69) is 18.8 Å². The van der Waals surface area contributed by atoms with Crippen molar-refractivity contribution in [2.24, 2.45) is 4.99 Å². The molecule has 1 unspecified atom stereocenters. The summed E-state index contributed by atoms with van der Waals surface area (Å²) in [6, 6.07) is 0.614. The smallest absolute Gasteiger partial charge is 0.0474 e. The van der Waals surface area contributed by atoms with E-state index in [1.54, 1.807) is 0 Å². The first kappa shape index (κ1) is 14.7. The fourth-order valence-corrected chi connectivity index (χ4v) is 2.65. The molecule has 1 nitrogen and oxygen atoms in total. The van der Waals surface area contributed by atoms with Crippen LogP contribution < -0.4 is 0 Å². The molecule has 0 N–H and O–H groups in total. The second kappa shape index (κ2) is 9.67. The molecule has 0 aliphatic carbocycles. The molecule has 1 atom stereocenters. The molecule has 0 aromatic heterocycles. The van der Waals surface area contributed by atoms with Crippen LogP contribution in [0.5, 0.6) is 0 Å². The van der Waals surface area contributed by atoms with Crippen LogP contribution in [-0.2, 0) is 0 Å². The van der Waals surface area contributed by atoms with E-state index in [9.17, 15) is 0 Å². The van der Waals surface area contributed by atoms with E-state index >= 15 is 0 Å². The summed E-state index contributed by atoms with van der Waals surface area (Å²) in [5.41, 5.74) is 1.50. The van der Waals surface area contributed by atoms with E-state index in [1.807, 2.05) is 0 Å². The lowest BCUT2D eigenvalue weighted by molar-refractivity contribution is 0.568. The van der Waals surface area contributed by atoms with Gasteiger partial charge in [-0.15, -0.1) is 0 Å². The lowest BCUT2D eigenvalue weighted by Gasteiger charge is -2.02. The van der Waals surface area contributed by atoms with Crippen LogP contribution in [0.25, 0.3) is 0 Å². The molecular formula is C16H31N. The van der Waals surface area contributed by atoms with Crippen LogP contribution in [0.2, 0.25) is 0 Å². The van der Waals surface area contributed by atoms with Gasteiger partial charge < -0.3 is 0 Å². The molecule has 0 spiro atoms. The quantitative estimate of drug-likeness (QED) is 0.443. The molecule has 1 rings (SSSR count). The largest absolute Gasteiger partial charge is 0.291 e. The van der Waals surface area contributed by atoms with Crippen LogP contribution in [0.1, 0.15) is 90.9 Å². The van der Waals surface area contributed by atoms with Crippen LogP contribution in [0.15, 0.2) is 4.99 Å². The average molecular weight is 237 g/mol. The standard InChI is InChI=1S/C16H31N/c1-3-4-5-6-7-8-9-10-11-12-16-14-13-15(2)17-16/h15H,3-14H2,1-2H3. The summed E-state index contributed by atoms with van der Waals surface area (Å²) in [7, 11) is 0. The highest BCUT2D eigenvalue weighted by Gasteiger charge is 2.11. The molecule has 1 aliphatic rings. The fraction of sp³-hybridized carbons (Fsp3) is 0.938. The molecule has 0 radical (unpaired) electrons. The van der Waals surface area contributed by atoms with Gasteiger partial charge in [0, 0.05) is 11.8 Å². The van der Waals surface area contributed by atoms with E-state index < -0.39 is 0 Å². The Morgan fingerprint density at radius 3 is 2.06 bits per heavy atom. The average Bonchev–Trinajstić information content (AvgIpc) is 2.73. The van der Waals surface area contributed by atoms with Gasteiger partial charge in [-0.2, -0.15) is 0 Å². The van der Waals surface area contributed by atoms with Crippen LogP contribution >= 0.6 is 0 Å². The van der Waals surface area contributed by atoms with Crippen LogP contribution in [0.3, 0.4) is 0 Å². The third-order valence-corrected chi connectivity index (χ3v) is 3.82. The van der Waals surface area contributed by atoms with E-state index in [0.717, 1.165) is 0 Å². The van der Waals surface area contributed by atoms with E-state index in [1.165, 1.54) is 82.8 Å². The van der Waals surface area contributed by atoms with Gasteiger partial charge in [0.15, 0.2) is 0 Å². The Hall–Kier alpha value is -0.330. The topological polar surface area (TPSA) is 12.4 Å². The minimum atomic E-state index is 0.614. The second-order valence-electron chi connectivity index (χ2n) is 5.66. The molecule has 0 bridgehead atoms. The third kappa shape index (κ3) is 7.57. The van der Waals surface area contributed by atoms with Gasteiger partial charge >= 0.3 is 0 Å². The molecule has 1 heteroatoms. The number of hydrogen-bond donors (Lipinski definition) is 0. The zero-order chi connectivity index (χ0) is 12.3. The Kier molecular flexibility index (Phi) is 8.38. The van der Waals surface area contributed by atoms with Crippen LogP contribution in [-0.4, -0.2) is 11.8 Å². The summed E-state index contributed by atoms with van der Waals surface area (Å²) in [4.78, 5) is 4.67. The van der Waals surface area contributed by atoms with Crippen molar-refractivity contribution in [3.05, 3.63) is 0 Å². The fourth-order valence-electron chi connectivity index (χ4n) is 2.65. The Morgan fingerprint density at radius 1 is 0.941 bits per heavy atom. The summed E-state index contributed by atoms with van der Waals surface area (Å²) < 4.78 is 0. The number of unbranched alkanes of at least 4 members (excludes halogenated alkanes) is 8. The van der Waals surface area contributed by atoms with Crippen molar-refractivity contribution in [1.29, 1.82) is 0 Å². The normalized spacial score (nSPS) is 19.6. The molecule has 0 aromatic carbocycles. The summed E-state index contributed by atoms with van der Waals surface area (Å²) in [6.07, 6.45) is 16.7. The lowest BCUT2D eigenvalue weighted by Crippen LogP contribution is -1.92.